The number of hydrogen-bond acceptors (Lipinski definition) is 2. The largest absolute Gasteiger partial charge is 0.316 e. The molecule has 0 aromatic carbocycles. The quantitative estimate of drug-likeness (QED) is 0.400. The summed E-state index contributed by atoms with van der Waals surface area (Å²) in [7, 11) is 0. The van der Waals surface area contributed by atoms with Gasteiger partial charge in [0.05, 0.1) is 0 Å². The van der Waals surface area contributed by atoms with Crippen molar-refractivity contribution in [1.82, 2.24) is 5.32 Å². The molecule has 2 heterocycles. The molecule has 0 aromatic heterocycles. The van der Waals surface area contributed by atoms with Gasteiger partial charge in [-0.15, -0.1) is 12.4 Å². The lowest BCUT2D eigenvalue weighted by Gasteiger charge is -2.52. The van der Waals surface area contributed by atoms with Crippen LogP contribution in [0, 0.1) is 11.3 Å². The van der Waals surface area contributed by atoms with E-state index in [1.807, 2.05) is 0 Å². The van der Waals surface area contributed by atoms with E-state index in [9.17, 15) is 0 Å². The number of piperidine rings is 2. The molecule has 0 unspecified atom stereocenters. The van der Waals surface area contributed by atoms with Gasteiger partial charge in [0, 0.05) is 18.0 Å². The van der Waals surface area contributed by atoms with E-state index in [-0.39, 0.29) is 12.4 Å². The number of hydrogen-bond donors (Lipinski definition) is 1. The van der Waals surface area contributed by atoms with Crippen molar-refractivity contribution in [2.45, 2.75) is 12.8 Å². The summed E-state index contributed by atoms with van der Waals surface area (Å²) in [6.07, 6.45) is 2.53. The first kappa shape index (κ1) is 9.65. The summed E-state index contributed by atoms with van der Waals surface area (Å²) in [6, 6.07) is 0. The fourth-order valence-corrected chi connectivity index (χ4v) is 2.36. The predicted octanol–water partition coefficient (Wildman–Crippen LogP) is 1.72. The molecule has 0 atom stereocenters. The molecule has 0 spiro atoms. The fourth-order valence-electron chi connectivity index (χ4n) is 2.36. The second-order valence-electron chi connectivity index (χ2n) is 3.79. The highest BCUT2D eigenvalue weighted by atomic mass is 35.5. The van der Waals surface area contributed by atoms with E-state index in [2.05, 4.69) is 15.3 Å². The second kappa shape index (κ2) is 3.52. The van der Waals surface area contributed by atoms with Gasteiger partial charge in [-0.05, 0) is 36.3 Å². The molecule has 3 fully saturated rings. The molecular formula is C7H13ClN4. The zero-order valence-corrected chi connectivity index (χ0v) is 7.68. The Kier molecular flexibility index (Phi) is 2.83. The Hall–Kier alpha value is -0.440. The number of nitrogens with zero attached hydrogens (tertiary/aromatic N) is 3. The van der Waals surface area contributed by atoms with Gasteiger partial charge in [-0.1, -0.05) is 5.11 Å². The Morgan fingerprint density at radius 3 is 2.83 bits per heavy atom. The van der Waals surface area contributed by atoms with Gasteiger partial charge in [-0.25, -0.2) is 0 Å². The normalized spacial score (nSPS) is 37.2. The van der Waals surface area contributed by atoms with E-state index in [1.54, 1.807) is 0 Å². The summed E-state index contributed by atoms with van der Waals surface area (Å²) in [6.45, 7) is 2.90. The molecule has 3 aliphatic rings. The van der Waals surface area contributed by atoms with Gasteiger partial charge in [0.1, 0.15) is 0 Å². The van der Waals surface area contributed by atoms with Crippen molar-refractivity contribution >= 4 is 12.4 Å². The SMILES string of the molecule is Cl.[N-]=[N+]=NCC12CNCC(C1)C2. The summed E-state index contributed by atoms with van der Waals surface area (Å²) >= 11 is 0. The molecule has 4 nitrogen and oxygen atoms in total. The van der Waals surface area contributed by atoms with Crippen molar-refractivity contribution in [1.29, 1.82) is 0 Å². The standard InChI is InChI=1S/C7H12N4.ClH/c8-11-10-5-7-1-6(2-7)3-9-4-7;/h6,9H,1-5H2;1H. The van der Waals surface area contributed by atoms with E-state index in [4.69, 9.17) is 5.53 Å². The summed E-state index contributed by atoms with van der Waals surface area (Å²) < 4.78 is 0. The van der Waals surface area contributed by atoms with Crippen LogP contribution in [0.25, 0.3) is 10.4 Å². The Balaban J connectivity index is 0.000000720. The first-order valence-electron chi connectivity index (χ1n) is 4.06. The van der Waals surface area contributed by atoms with Crippen molar-refractivity contribution in [3.05, 3.63) is 10.4 Å². The van der Waals surface area contributed by atoms with Gasteiger partial charge < -0.3 is 5.32 Å². The maximum absolute atomic E-state index is 8.17. The Morgan fingerprint density at radius 2 is 2.33 bits per heavy atom. The molecule has 1 aliphatic carbocycles. The van der Waals surface area contributed by atoms with Crippen LogP contribution in [0.2, 0.25) is 0 Å². The molecule has 0 aromatic rings. The number of fused-ring (bicyclic) bond motifs is 2. The average molecular weight is 189 g/mol. The summed E-state index contributed by atoms with van der Waals surface area (Å²) in [5, 5.41) is 7.00. The molecule has 0 radical (unpaired) electrons. The van der Waals surface area contributed by atoms with Gasteiger partial charge in [0.25, 0.3) is 0 Å². The molecule has 0 amide bonds. The van der Waals surface area contributed by atoms with Gasteiger partial charge in [0.15, 0.2) is 0 Å². The average Bonchev–Trinajstić information content (AvgIpc) is 2.01. The Bertz CT molecular complexity index is 200. The second-order valence-corrected chi connectivity index (χ2v) is 3.79. The summed E-state index contributed by atoms with van der Waals surface area (Å²) in [5.41, 5.74) is 8.51. The lowest BCUT2D eigenvalue weighted by Crippen LogP contribution is -2.56. The number of halogens is 1. The lowest BCUT2D eigenvalue weighted by molar-refractivity contribution is 0.0230. The van der Waals surface area contributed by atoms with E-state index in [0.717, 1.165) is 19.0 Å². The zero-order chi connectivity index (χ0) is 7.73. The van der Waals surface area contributed by atoms with Crippen molar-refractivity contribution in [2.75, 3.05) is 19.6 Å². The topological polar surface area (TPSA) is 60.8 Å². The minimum absolute atomic E-state index is 0. The molecular weight excluding hydrogens is 176 g/mol. The van der Waals surface area contributed by atoms with Crippen LogP contribution in [0.15, 0.2) is 5.11 Å². The molecule has 1 N–H and O–H groups in total. The molecule has 3 rings (SSSR count). The minimum Gasteiger partial charge on any atom is -0.316 e. The van der Waals surface area contributed by atoms with Crippen molar-refractivity contribution in [3.8, 4) is 0 Å². The number of rotatable bonds is 2. The van der Waals surface area contributed by atoms with Crippen LogP contribution in [0.1, 0.15) is 12.8 Å². The van der Waals surface area contributed by atoms with Gasteiger partial charge in [0.2, 0.25) is 0 Å². The first-order valence-corrected chi connectivity index (χ1v) is 4.06. The van der Waals surface area contributed by atoms with Crippen LogP contribution in [-0.2, 0) is 0 Å². The molecule has 12 heavy (non-hydrogen) atoms. The third kappa shape index (κ3) is 1.51. The maximum Gasteiger partial charge on any atom is 0.0326 e. The van der Waals surface area contributed by atoms with E-state index in [0.29, 0.717) is 12.0 Å². The van der Waals surface area contributed by atoms with E-state index >= 15 is 0 Å². The summed E-state index contributed by atoms with van der Waals surface area (Å²) in [5.74, 6) is 0.859. The van der Waals surface area contributed by atoms with E-state index < -0.39 is 0 Å². The molecule has 2 aliphatic heterocycles. The van der Waals surface area contributed by atoms with Crippen molar-refractivity contribution in [3.63, 3.8) is 0 Å². The van der Waals surface area contributed by atoms with Crippen LogP contribution in [0.5, 0.6) is 0 Å². The molecule has 1 saturated carbocycles. The van der Waals surface area contributed by atoms with E-state index in [1.165, 1.54) is 12.8 Å². The highest BCUT2D eigenvalue weighted by Crippen LogP contribution is 2.47. The number of nitrogens with one attached hydrogen (secondary N) is 1. The fraction of sp³-hybridized carbons (Fsp3) is 1.00. The van der Waals surface area contributed by atoms with Gasteiger partial charge in [-0.2, -0.15) is 0 Å². The summed E-state index contributed by atoms with van der Waals surface area (Å²) in [4.78, 5) is 2.80. The Labute approximate surface area is 77.8 Å². The molecule has 5 heteroatoms. The van der Waals surface area contributed by atoms with Crippen LogP contribution < -0.4 is 5.32 Å². The van der Waals surface area contributed by atoms with Crippen molar-refractivity contribution in [2.24, 2.45) is 16.4 Å². The lowest BCUT2D eigenvalue weighted by atomic mass is 9.59. The first-order chi connectivity index (χ1) is 5.35. The predicted molar refractivity (Wildman–Crippen MR) is 49.3 cm³/mol. The molecule has 68 valence electrons. The van der Waals surface area contributed by atoms with Crippen LogP contribution in [-0.4, -0.2) is 19.6 Å². The van der Waals surface area contributed by atoms with Gasteiger partial charge >= 0.3 is 0 Å². The maximum atomic E-state index is 8.17. The smallest absolute Gasteiger partial charge is 0.0326 e. The van der Waals surface area contributed by atoms with Crippen molar-refractivity contribution < 1.29 is 0 Å². The van der Waals surface area contributed by atoms with Crippen LogP contribution in [0.3, 0.4) is 0 Å². The van der Waals surface area contributed by atoms with Gasteiger partial charge in [-0.3, -0.25) is 0 Å². The molecule has 2 saturated heterocycles. The minimum atomic E-state index is 0. The zero-order valence-electron chi connectivity index (χ0n) is 6.86. The third-order valence-corrected chi connectivity index (χ3v) is 2.85. The Morgan fingerprint density at radius 1 is 1.58 bits per heavy atom. The highest BCUT2D eigenvalue weighted by molar-refractivity contribution is 5.85. The van der Waals surface area contributed by atoms with Crippen LogP contribution in [0.4, 0.5) is 0 Å². The highest BCUT2D eigenvalue weighted by Gasteiger charge is 2.46. The third-order valence-electron chi connectivity index (χ3n) is 2.85. The monoisotopic (exact) mass is 188 g/mol. The molecule has 2 bridgehead atoms. The number of azide groups is 1. The van der Waals surface area contributed by atoms with Crippen LogP contribution >= 0.6 is 12.4 Å².